The van der Waals surface area contributed by atoms with E-state index in [1.807, 2.05) is 0 Å². The number of amides is 1. The topological polar surface area (TPSA) is 123 Å². The summed E-state index contributed by atoms with van der Waals surface area (Å²) in [5, 5.41) is 2.69. The van der Waals surface area contributed by atoms with Gasteiger partial charge in [-0.1, -0.05) is 0 Å². The van der Waals surface area contributed by atoms with Gasteiger partial charge in [0.15, 0.2) is 0 Å². The van der Waals surface area contributed by atoms with Crippen LogP contribution in [0.1, 0.15) is 33.6 Å². The zero-order valence-corrected chi connectivity index (χ0v) is 12.6. The minimum Gasteiger partial charge on any atom is -0.444 e. The highest BCUT2D eigenvalue weighted by Gasteiger charge is 2.31. The van der Waals surface area contributed by atoms with Crippen LogP contribution in [0.25, 0.3) is 0 Å². The van der Waals surface area contributed by atoms with Crippen LogP contribution in [-0.2, 0) is 14.3 Å². The van der Waals surface area contributed by atoms with Crippen molar-refractivity contribution in [2.45, 2.75) is 44.8 Å². The number of hydrogen-bond donors (Lipinski definition) is 2. The number of nitrogens with one attached hydrogen (secondary N) is 1. The number of nitrogens with zero attached hydrogens (tertiary/aromatic N) is 2. The molecule has 0 radical (unpaired) electrons. The Bertz CT molecular complexity index is 410. The maximum absolute atomic E-state index is 11.9. The zero-order valence-electron chi connectivity index (χ0n) is 12.6. The van der Waals surface area contributed by atoms with Crippen molar-refractivity contribution in [3.05, 3.63) is 0 Å². The number of carbonyl (C=O) groups is 1. The Morgan fingerprint density at radius 1 is 1.14 bits per heavy atom. The van der Waals surface area contributed by atoms with E-state index in [0.29, 0.717) is 12.8 Å². The minimum absolute atomic E-state index is 0.0923. The van der Waals surface area contributed by atoms with Crippen molar-refractivity contribution in [2.75, 3.05) is 19.6 Å². The number of isocyanates is 2. The lowest BCUT2D eigenvalue weighted by Crippen LogP contribution is -2.55. The average molecular weight is 298 g/mol. The fraction of sp³-hybridized carbons (Fsp3) is 0.769. The van der Waals surface area contributed by atoms with Gasteiger partial charge in [-0.15, -0.1) is 0 Å². The van der Waals surface area contributed by atoms with E-state index in [1.54, 1.807) is 20.8 Å². The second-order valence-corrected chi connectivity index (χ2v) is 5.56. The first-order valence-electron chi connectivity index (χ1n) is 6.57. The van der Waals surface area contributed by atoms with Gasteiger partial charge in [0.05, 0.1) is 18.6 Å². The SMILES string of the molecule is CC(C)(C)OC(=O)NC(CN)(CCN=C=O)CCN=C=O. The van der Waals surface area contributed by atoms with Gasteiger partial charge in [0.1, 0.15) is 5.60 Å². The number of aliphatic imine (C=N–C) groups is 2. The molecule has 118 valence electrons. The molecule has 0 aliphatic carbocycles. The van der Waals surface area contributed by atoms with Crippen molar-refractivity contribution in [1.29, 1.82) is 0 Å². The summed E-state index contributed by atoms with van der Waals surface area (Å²) in [6.07, 6.45) is 2.85. The van der Waals surface area contributed by atoms with E-state index in [0.717, 1.165) is 0 Å². The van der Waals surface area contributed by atoms with Gasteiger partial charge >= 0.3 is 6.09 Å². The molecule has 0 atom stereocenters. The van der Waals surface area contributed by atoms with Crippen LogP contribution in [0.3, 0.4) is 0 Å². The van der Waals surface area contributed by atoms with Crippen LogP contribution in [0.4, 0.5) is 4.79 Å². The fourth-order valence-electron chi connectivity index (χ4n) is 1.66. The van der Waals surface area contributed by atoms with Crippen LogP contribution >= 0.6 is 0 Å². The van der Waals surface area contributed by atoms with E-state index >= 15 is 0 Å². The smallest absolute Gasteiger partial charge is 0.408 e. The summed E-state index contributed by atoms with van der Waals surface area (Å²) in [7, 11) is 0. The molecular weight excluding hydrogens is 276 g/mol. The predicted molar refractivity (Wildman–Crippen MR) is 76.4 cm³/mol. The molecule has 1 amide bonds. The molecule has 21 heavy (non-hydrogen) atoms. The molecule has 0 spiro atoms. The van der Waals surface area contributed by atoms with Crippen molar-refractivity contribution in [2.24, 2.45) is 15.7 Å². The molecule has 3 N–H and O–H groups in total. The Balaban J connectivity index is 4.92. The van der Waals surface area contributed by atoms with E-state index in [2.05, 4.69) is 15.3 Å². The van der Waals surface area contributed by atoms with Crippen molar-refractivity contribution >= 4 is 18.3 Å². The quantitative estimate of drug-likeness (QED) is 0.503. The normalized spacial score (nSPS) is 13.3. The molecule has 0 aromatic rings. The maximum Gasteiger partial charge on any atom is 0.408 e. The number of alkyl carbamates (subject to hydrolysis) is 1. The summed E-state index contributed by atoms with van der Waals surface area (Å²) < 4.78 is 5.19. The van der Waals surface area contributed by atoms with E-state index in [1.165, 1.54) is 12.2 Å². The minimum atomic E-state index is -0.858. The number of carbonyl (C=O) groups excluding carboxylic acids is 3. The van der Waals surface area contributed by atoms with Gasteiger partial charge in [-0.3, -0.25) is 0 Å². The Morgan fingerprint density at radius 3 is 1.95 bits per heavy atom. The third kappa shape index (κ3) is 8.70. The monoisotopic (exact) mass is 298 g/mol. The first kappa shape index (κ1) is 19.0. The molecular formula is C13H22N4O4. The van der Waals surface area contributed by atoms with Crippen molar-refractivity contribution < 1.29 is 19.1 Å². The molecule has 0 rings (SSSR count). The largest absolute Gasteiger partial charge is 0.444 e. The molecule has 0 bridgehead atoms. The Labute approximate surface area is 123 Å². The van der Waals surface area contributed by atoms with Crippen LogP contribution < -0.4 is 11.1 Å². The molecule has 0 saturated heterocycles. The highest BCUT2D eigenvalue weighted by molar-refractivity contribution is 5.68. The van der Waals surface area contributed by atoms with Crippen LogP contribution in [0.5, 0.6) is 0 Å². The maximum atomic E-state index is 11.9. The standard InChI is InChI=1S/C13H22N4O4/c1-12(2,3)21-11(20)17-13(8-14,4-6-15-9-18)5-7-16-10-19/h4-8,14H2,1-3H3,(H,17,20). The summed E-state index contributed by atoms with van der Waals surface area (Å²) in [6, 6.07) is 0. The lowest BCUT2D eigenvalue weighted by Gasteiger charge is -2.33. The summed E-state index contributed by atoms with van der Waals surface area (Å²) in [4.78, 5) is 39.1. The first-order chi connectivity index (χ1) is 9.78. The molecule has 0 aliphatic rings. The van der Waals surface area contributed by atoms with Crippen LogP contribution in [-0.4, -0.2) is 49.0 Å². The van der Waals surface area contributed by atoms with Gasteiger partial charge in [-0.2, -0.15) is 0 Å². The fourth-order valence-corrected chi connectivity index (χ4v) is 1.66. The molecule has 8 heteroatoms. The highest BCUT2D eigenvalue weighted by atomic mass is 16.6. The van der Waals surface area contributed by atoms with Gasteiger partial charge < -0.3 is 15.8 Å². The summed E-state index contributed by atoms with van der Waals surface area (Å²) in [5.74, 6) is 0. The second kappa shape index (κ2) is 9.02. The van der Waals surface area contributed by atoms with E-state index in [9.17, 15) is 14.4 Å². The predicted octanol–water partition coefficient (Wildman–Crippen LogP) is 0.660. The Hall–Kier alpha value is -2.01. The van der Waals surface area contributed by atoms with Crippen molar-refractivity contribution in [1.82, 2.24) is 5.32 Å². The summed E-state index contributed by atoms with van der Waals surface area (Å²) in [5.41, 5.74) is 4.23. The van der Waals surface area contributed by atoms with Gasteiger partial charge in [0.25, 0.3) is 0 Å². The zero-order chi connectivity index (χ0) is 16.4. The summed E-state index contributed by atoms with van der Waals surface area (Å²) >= 11 is 0. The van der Waals surface area contributed by atoms with E-state index in [4.69, 9.17) is 10.5 Å². The lowest BCUT2D eigenvalue weighted by molar-refractivity contribution is 0.0449. The second-order valence-electron chi connectivity index (χ2n) is 5.56. The average Bonchev–Trinajstić information content (AvgIpc) is 2.36. The molecule has 0 fully saturated rings. The van der Waals surface area contributed by atoms with Gasteiger partial charge in [-0.25, -0.2) is 24.4 Å². The van der Waals surface area contributed by atoms with Gasteiger partial charge in [0, 0.05) is 6.54 Å². The number of nitrogens with two attached hydrogens (primary N) is 1. The third-order valence-corrected chi connectivity index (χ3v) is 2.69. The number of rotatable bonds is 8. The molecule has 8 nitrogen and oxygen atoms in total. The van der Waals surface area contributed by atoms with Gasteiger partial charge in [0.2, 0.25) is 12.2 Å². The first-order valence-corrected chi connectivity index (χ1v) is 6.57. The Kier molecular flexibility index (Phi) is 8.16. The highest BCUT2D eigenvalue weighted by Crippen LogP contribution is 2.17. The molecule has 0 aliphatic heterocycles. The van der Waals surface area contributed by atoms with E-state index < -0.39 is 17.2 Å². The molecule has 0 unspecified atom stereocenters. The van der Waals surface area contributed by atoms with E-state index in [-0.39, 0.29) is 19.6 Å². The lowest BCUT2D eigenvalue weighted by atomic mass is 9.91. The van der Waals surface area contributed by atoms with Crippen LogP contribution in [0.15, 0.2) is 9.98 Å². The summed E-state index contributed by atoms with van der Waals surface area (Å²) in [6.45, 7) is 5.62. The molecule has 0 saturated carbocycles. The Morgan fingerprint density at radius 2 is 1.62 bits per heavy atom. The molecule has 0 aromatic heterocycles. The van der Waals surface area contributed by atoms with Crippen LogP contribution in [0.2, 0.25) is 0 Å². The molecule has 0 aromatic carbocycles. The third-order valence-electron chi connectivity index (χ3n) is 2.69. The number of ether oxygens (including phenoxy) is 1. The van der Waals surface area contributed by atoms with Crippen molar-refractivity contribution in [3.63, 3.8) is 0 Å². The van der Waals surface area contributed by atoms with Crippen LogP contribution in [0, 0.1) is 0 Å². The van der Waals surface area contributed by atoms with Crippen molar-refractivity contribution in [3.8, 4) is 0 Å². The number of hydrogen-bond acceptors (Lipinski definition) is 7. The van der Waals surface area contributed by atoms with Gasteiger partial charge in [-0.05, 0) is 33.6 Å². The molecule has 0 heterocycles.